The van der Waals surface area contributed by atoms with Crippen LogP contribution in [-0.4, -0.2) is 57.8 Å². The van der Waals surface area contributed by atoms with Crippen molar-refractivity contribution < 1.29 is 31.6 Å². The number of ether oxygens (including phenoxy) is 2. The number of nitrogens with zero attached hydrogens (tertiary/aromatic N) is 1. The van der Waals surface area contributed by atoms with Gasteiger partial charge in [-0.3, -0.25) is 14.3 Å². The third kappa shape index (κ3) is 2.68. The summed E-state index contributed by atoms with van der Waals surface area (Å²) in [5.74, 6) is -3.45. The molecule has 0 bridgehead atoms. The quantitative estimate of drug-likeness (QED) is 0.495. The average molecular weight is 322 g/mol. The van der Waals surface area contributed by atoms with Gasteiger partial charge in [0.2, 0.25) is 0 Å². The maximum Gasteiger partial charge on any atom is 0.328 e. The lowest BCUT2D eigenvalue weighted by atomic mass is 10.1. The maximum absolute atomic E-state index is 14.7. The Hall–Kier alpha value is -1.46. The number of aromatic nitrogens is 2. The van der Waals surface area contributed by atoms with Crippen molar-refractivity contribution in [1.82, 2.24) is 9.55 Å². The van der Waals surface area contributed by atoms with Gasteiger partial charge in [-0.2, -0.15) is 0 Å². The molecule has 21 heavy (non-hydrogen) atoms. The Labute approximate surface area is 125 Å². The summed E-state index contributed by atoms with van der Waals surface area (Å²) < 4.78 is 39.0. The SMILES string of the molecule is [2H]C([2H])(OC)[C@@]1(F)O[C@@H](n2cc(C=O)c(=S)[nH]c2=O)[C@H](O)[C@@H]1O. The summed E-state index contributed by atoms with van der Waals surface area (Å²) in [6.07, 6.45) is -4.94. The number of rotatable bonds is 4. The van der Waals surface area contributed by atoms with Crippen LogP contribution in [0.25, 0.3) is 0 Å². The van der Waals surface area contributed by atoms with E-state index in [1.165, 1.54) is 0 Å². The first-order valence-corrected chi connectivity index (χ1v) is 6.08. The van der Waals surface area contributed by atoms with Crippen LogP contribution in [0, 0.1) is 4.64 Å². The van der Waals surface area contributed by atoms with Crippen molar-refractivity contribution in [3.05, 3.63) is 26.9 Å². The Morgan fingerprint density at radius 2 is 2.43 bits per heavy atom. The highest BCUT2D eigenvalue weighted by atomic mass is 32.1. The number of hydrogen-bond donors (Lipinski definition) is 3. The van der Waals surface area contributed by atoms with Crippen LogP contribution in [0.15, 0.2) is 11.0 Å². The van der Waals surface area contributed by atoms with Gasteiger partial charge in [-0.25, -0.2) is 9.18 Å². The number of nitrogens with one attached hydrogen (secondary N) is 1. The van der Waals surface area contributed by atoms with E-state index in [1.54, 1.807) is 0 Å². The van der Waals surface area contributed by atoms with Gasteiger partial charge < -0.3 is 19.7 Å². The zero-order valence-corrected chi connectivity index (χ0v) is 11.5. The first kappa shape index (κ1) is 13.2. The number of aliphatic hydroxyl groups is 2. The number of carbonyl (C=O) groups excluding carboxylic acids is 1. The molecule has 2 heterocycles. The highest BCUT2D eigenvalue weighted by Gasteiger charge is 2.56. The van der Waals surface area contributed by atoms with Crippen molar-refractivity contribution in [2.24, 2.45) is 0 Å². The fraction of sp³-hybridized carbons (Fsp3) is 0.545. The normalized spacial score (nSPS) is 34.4. The number of methoxy groups -OCH3 is 1. The standard InChI is InChI=1S/C11H13FN2O6S/c1-19-4-11(12)7(17)6(16)9(20-11)14-2-5(3-15)8(21)13-10(14)18/h2-3,6-7,9,16-17H,4H2,1H3,(H,13,18,21)/t6-,7+,9-,11-/m1/s1/i4D2. The zero-order valence-electron chi connectivity index (χ0n) is 12.6. The number of aldehydes is 1. The molecular weight excluding hydrogens is 307 g/mol. The summed E-state index contributed by atoms with van der Waals surface area (Å²) in [4.78, 5) is 24.9. The molecule has 0 amide bonds. The smallest absolute Gasteiger partial charge is 0.328 e. The molecule has 1 aliphatic heterocycles. The Kier molecular flexibility index (Phi) is 3.61. The topological polar surface area (TPSA) is 114 Å². The lowest BCUT2D eigenvalue weighted by Crippen LogP contribution is -2.42. The molecule has 1 fully saturated rings. The first-order chi connectivity index (χ1) is 10.6. The molecule has 0 aromatic carbocycles. The van der Waals surface area contributed by atoms with Crippen LogP contribution in [-0.2, 0) is 9.47 Å². The third-order valence-electron chi connectivity index (χ3n) is 2.93. The largest absolute Gasteiger partial charge is 0.385 e. The first-order valence-electron chi connectivity index (χ1n) is 6.67. The van der Waals surface area contributed by atoms with E-state index >= 15 is 0 Å². The highest BCUT2D eigenvalue weighted by molar-refractivity contribution is 7.71. The van der Waals surface area contributed by atoms with Gasteiger partial charge in [-0.05, 0) is 0 Å². The summed E-state index contributed by atoms with van der Waals surface area (Å²) in [6, 6.07) is 0. The molecule has 0 radical (unpaired) electrons. The summed E-state index contributed by atoms with van der Waals surface area (Å²) in [7, 11) is 0.841. The molecule has 2 rings (SSSR count). The number of halogens is 1. The number of H-pyrrole nitrogens is 1. The van der Waals surface area contributed by atoms with E-state index in [-0.39, 0.29) is 10.2 Å². The minimum Gasteiger partial charge on any atom is -0.385 e. The molecule has 116 valence electrons. The Morgan fingerprint density at radius 3 is 3.00 bits per heavy atom. The monoisotopic (exact) mass is 322 g/mol. The Morgan fingerprint density at radius 1 is 1.76 bits per heavy atom. The van der Waals surface area contributed by atoms with Gasteiger partial charge in [-0.1, -0.05) is 12.2 Å². The van der Waals surface area contributed by atoms with Gasteiger partial charge in [0.25, 0.3) is 5.85 Å². The van der Waals surface area contributed by atoms with Crippen molar-refractivity contribution in [2.75, 3.05) is 13.7 Å². The average Bonchev–Trinajstić information content (AvgIpc) is 2.73. The molecule has 0 saturated carbocycles. The number of hydrogen-bond acceptors (Lipinski definition) is 7. The lowest BCUT2D eigenvalue weighted by Gasteiger charge is -2.21. The molecule has 1 saturated heterocycles. The summed E-state index contributed by atoms with van der Waals surface area (Å²) in [5.41, 5.74) is -1.09. The van der Waals surface area contributed by atoms with Gasteiger partial charge in [0.1, 0.15) is 23.4 Å². The molecule has 10 heteroatoms. The van der Waals surface area contributed by atoms with E-state index in [0.717, 1.165) is 13.3 Å². The molecule has 1 aliphatic rings. The molecule has 0 unspecified atom stereocenters. The molecule has 3 N–H and O–H groups in total. The van der Waals surface area contributed by atoms with Crippen molar-refractivity contribution in [2.45, 2.75) is 24.3 Å². The number of aromatic amines is 1. The molecule has 4 atom stereocenters. The minimum absolute atomic E-state index is 0.143. The van der Waals surface area contributed by atoms with E-state index in [1.807, 2.05) is 0 Å². The van der Waals surface area contributed by atoms with Crippen LogP contribution < -0.4 is 5.69 Å². The third-order valence-corrected chi connectivity index (χ3v) is 3.26. The van der Waals surface area contributed by atoms with Gasteiger partial charge >= 0.3 is 5.69 Å². The predicted octanol–water partition coefficient (Wildman–Crippen LogP) is -0.719. The van der Waals surface area contributed by atoms with Gasteiger partial charge in [0.05, 0.1) is 8.30 Å². The Bertz CT molecular complexity index is 740. The van der Waals surface area contributed by atoms with Crippen LogP contribution in [0.5, 0.6) is 0 Å². The molecule has 0 aliphatic carbocycles. The van der Waals surface area contributed by atoms with Crippen LogP contribution in [0.2, 0.25) is 0 Å². The fourth-order valence-corrected chi connectivity index (χ4v) is 2.10. The second-order valence-corrected chi connectivity index (χ2v) is 4.67. The van der Waals surface area contributed by atoms with Crippen molar-refractivity contribution in [3.8, 4) is 0 Å². The molecule has 1 aromatic rings. The van der Waals surface area contributed by atoms with Crippen LogP contribution >= 0.6 is 12.2 Å². The molecular formula is C11H13FN2O6S. The number of aliphatic hydroxyl groups excluding tert-OH is 2. The summed E-state index contributed by atoms with van der Waals surface area (Å²) >= 11 is 4.74. The van der Waals surface area contributed by atoms with E-state index in [0.29, 0.717) is 10.9 Å². The second-order valence-electron chi connectivity index (χ2n) is 4.26. The van der Waals surface area contributed by atoms with E-state index in [9.17, 15) is 24.2 Å². The molecule has 0 spiro atoms. The van der Waals surface area contributed by atoms with Crippen LogP contribution in [0.1, 0.15) is 19.3 Å². The van der Waals surface area contributed by atoms with E-state index in [4.69, 9.17) is 19.7 Å². The fourth-order valence-electron chi connectivity index (χ4n) is 1.91. The van der Waals surface area contributed by atoms with Crippen LogP contribution in [0.4, 0.5) is 4.39 Å². The summed E-state index contributed by atoms with van der Waals surface area (Å²) in [5, 5.41) is 19.7. The van der Waals surface area contributed by atoms with Gasteiger partial charge in [0.15, 0.2) is 12.5 Å². The maximum atomic E-state index is 14.7. The van der Waals surface area contributed by atoms with Crippen LogP contribution in [0.3, 0.4) is 0 Å². The van der Waals surface area contributed by atoms with Gasteiger partial charge in [-0.15, -0.1) is 0 Å². The molecule has 8 nitrogen and oxygen atoms in total. The zero-order chi connectivity index (χ0) is 17.6. The second kappa shape index (κ2) is 5.73. The minimum atomic E-state index is -3.45. The number of alkyl halides is 1. The van der Waals surface area contributed by atoms with E-state index < -0.39 is 36.5 Å². The summed E-state index contributed by atoms with van der Waals surface area (Å²) in [6.45, 7) is -3.11. The van der Waals surface area contributed by atoms with Gasteiger partial charge in [0, 0.05) is 13.3 Å². The van der Waals surface area contributed by atoms with Crippen molar-refractivity contribution in [1.29, 1.82) is 0 Å². The van der Waals surface area contributed by atoms with Crippen molar-refractivity contribution in [3.63, 3.8) is 0 Å². The highest BCUT2D eigenvalue weighted by Crippen LogP contribution is 2.37. The number of carbonyl (C=O) groups is 1. The lowest BCUT2D eigenvalue weighted by molar-refractivity contribution is -0.211. The predicted molar refractivity (Wildman–Crippen MR) is 69.1 cm³/mol. The Balaban J connectivity index is 2.53. The van der Waals surface area contributed by atoms with E-state index in [2.05, 4.69) is 9.72 Å². The van der Waals surface area contributed by atoms with Crippen molar-refractivity contribution >= 4 is 18.5 Å². The molecule has 1 aromatic heterocycles.